The second-order valence-electron chi connectivity index (χ2n) is 21.5. The van der Waals surface area contributed by atoms with Gasteiger partial charge in [-0.25, -0.2) is 4.79 Å². The first-order valence-corrected chi connectivity index (χ1v) is 22.4. The molecule has 6 aliphatic rings. The maximum Gasteiger partial charge on any atom is 0.330 e. The standard InChI is InChI=1S/C46H67N5O9/c1-27-25-51(40(57)48-38(27)54)35-23-30(49-50-47)31(59-35)26-58-36(52)11-9-10-12-37(53)60-34-16-17-43(6)32(42(34,4)5)15-18-45(8)33(43)14-13-28-29-24-41(2,3)19-21-46(29,39(55)56)22-20-44(28,45)7/h13,25,29-35H,9-12,14-24,26H2,1-8H3,(H,55,56)(H,48,54,57)/t29-,30-,31+,32-,33+,34-,35+,43-,44+,45+,46-/m0/s1. The van der Waals surface area contributed by atoms with E-state index in [0.29, 0.717) is 30.2 Å². The third kappa shape index (κ3) is 7.35. The van der Waals surface area contributed by atoms with E-state index in [1.165, 1.54) is 16.3 Å². The number of carbonyl (C=O) groups excluding carboxylic acids is 2. The topological polar surface area (TPSA) is 203 Å². The average Bonchev–Trinajstić information content (AvgIpc) is 3.57. The summed E-state index contributed by atoms with van der Waals surface area (Å²) < 4.78 is 18.9. The minimum Gasteiger partial charge on any atom is -0.481 e. The lowest BCUT2D eigenvalue weighted by Crippen LogP contribution is -2.65. The number of hydrogen-bond donors (Lipinski definition) is 2. The summed E-state index contributed by atoms with van der Waals surface area (Å²) in [5.41, 5.74) is 9.02. The monoisotopic (exact) mass is 833 g/mol. The van der Waals surface area contributed by atoms with E-state index < -0.39 is 47.0 Å². The Morgan fingerprint density at radius 2 is 1.67 bits per heavy atom. The number of carboxylic acids is 1. The van der Waals surface area contributed by atoms with Crippen LogP contribution in [0, 0.1) is 57.2 Å². The lowest BCUT2D eigenvalue weighted by atomic mass is 9.33. The van der Waals surface area contributed by atoms with Crippen LogP contribution in [-0.4, -0.2) is 57.4 Å². The summed E-state index contributed by atoms with van der Waals surface area (Å²) in [4.78, 5) is 68.4. The third-order valence-electron chi connectivity index (χ3n) is 17.6. The van der Waals surface area contributed by atoms with Crippen LogP contribution in [0.3, 0.4) is 0 Å². The van der Waals surface area contributed by atoms with E-state index in [2.05, 4.69) is 69.6 Å². The molecule has 0 unspecified atom stereocenters. The lowest BCUT2D eigenvalue weighted by molar-refractivity contribution is -0.214. The molecule has 4 saturated carbocycles. The van der Waals surface area contributed by atoms with Crippen LogP contribution in [0.1, 0.15) is 157 Å². The third-order valence-corrected chi connectivity index (χ3v) is 17.6. The summed E-state index contributed by atoms with van der Waals surface area (Å²) in [5.74, 6) is -0.408. The SMILES string of the molecule is Cc1cn([C@H]2C[C@H](N=[N+]=[N-])[C@@H](COC(=O)CCCCC(=O)O[C@H]3CC[C@]4(C)[C@H]5CC=C6[C@@H]7CC(C)(C)CC[C@]7(C(=O)O)CC[C@@]6(C)[C@]5(C)CC[C@H]4C3(C)C)O2)c(=O)[nH]c1=O. The highest BCUT2D eigenvalue weighted by Gasteiger charge is 2.69. The Hall–Kier alpha value is -3.90. The molecule has 2 N–H and O–H groups in total. The Balaban J connectivity index is 0.919. The van der Waals surface area contributed by atoms with Gasteiger partial charge in [-0.05, 0) is 129 Å². The van der Waals surface area contributed by atoms with Gasteiger partial charge in [0.2, 0.25) is 0 Å². The van der Waals surface area contributed by atoms with Gasteiger partial charge in [-0.3, -0.25) is 28.7 Å². The fraction of sp³-hybridized carbons (Fsp3) is 0.804. The van der Waals surface area contributed by atoms with Crippen LogP contribution in [-0.2, 0) is 28.6 Å². The van der Waals surface area contributed by atoms with E-state index in [1.807, 2.05) is 0 Å². The summed E-state index contributed by atoms with van der Waals surface area (Å²) in [6, 6.07) is -0.681. The zero-order chi connectivity index (χ0) is 43.6. The molecule has 7 rings (SSSR count). The zero-order valence-electron chi connectivity index (χ0n) is 37.0. The molecule has 60 heavy (non-hydrogen) atoms. The highest BCUT2D eigenvalue weighted by molar-refractivity contribution is 5.76. The van der Waals surface area contributed by atoms with Crippen molar-refractivity contribution < 1.29 is 33.7 Å². The van der Waals surface area contributed by atoms with Crippen molar-refractivity contribution in [3.05, 3.63) is 54.7 Å². The Bertz CT molecular complexity index is 2080. The minimum atomic E-state index is -0.801. The fourth-order valence-corrected chi connectivity index (χ4v) is 13.8. The molecule has 11 atom stereocenters. The first-order chi connectivity index (χ1) is 28.1. The molecule has 1 saturated heterocycles. The first kappa shape index (κ1) is 44.2. The van der Waals surface area contributed by atoms with Crippen LogP contribution >= 0.6 is 0 Å². The molecule has 0 spiro atoms. The number of unbranched alkanes of at least 4 members (excludes halogenated alkanes) is 1. The highest BCUT2D eigenvalue weighted by atomic mass is 16.6. The number of nitrogens with one attached hydrogen (secondary N) is 1. The van der Waals surface area contributed by atoms with Crippen LogP contribution < -0.4 is 11.2 Å². The van der Waals surface area contributed by atoms with E-state index in [9.17, 15) is 29.1 Å². The number of aromatic amines is 1. The maximum atomic E-state index is 13.3. The summed E-state index contributed by atoms with van der Waals surface area (Å²) in [6.07, 6.45) is 12.7. The van der Waals surface area contributed by atoms with Gasteiger partial charge in [0.15, 0.2) is 0 Å². The van der Waals surface area contributed by atoms with Crippen molar-refractivity contribution in [3.63, 3.8) is 0 Å². The van der Waals surface area contributed by atoms with Crippen LogP contribution in [0.25, 0.3) is 10.4 Å². The van der Waals surface area contributed by atoms with E-state index in [0.717, 1.165) is 64.2 Å². The minimum absolute atomic E-state index is 0.0460. The van der Waals surface area contributed by atoms with Crippen molar-refractivity contribution in [2.45, 2.75) is 176 Å². The number of H-pyrrole nitrogens is 1. The maximum absolute atomic E-state index is 13.3. The second kappa shape index (κ2) is 15.8. The zero-order valence-corrected chi connectivity index (χ0v) is 37.0. The number of azide groups is 1. The van der Waals surface area contributed by atoms with Gasteiger partial charge in [0.05, 0.1) is 11.5 Å². The van der Waals surface area contributed by atoms with Crippen molar-refractivity contribution >= 4 is 17.9 Å². The molecule has 1 aliphatic heterocycles. The summed E-state index contributed by atoms with van der Waals surface area (Å²) in [6.45, 7) is 18.1. The normalized spacial score (nSPS) is 38.7. The van der Waals surface area contributed by atoms with Gasteiger partial charge in [-0.2, -0.15) is 0 Å². The Morgan fingerprint density at radius 1 is 0.967 bits per heavy atom. The fourth-order valence-electron chi connectivity index (χ4n) is 13.8. The molecular weight excluding hydrogens is 767 g/mol. The average molecular weight is 834 g/mol. The molecular formula is C46H67N5O9. The summed E-state index contributed by atoms with van der Waals surface area (Å²) in [7, 11) is 0. The van der Waals surface area contributed by atoms with Crippen LogP contribution in [0.15, 0.2) is 32.5 Å². The van der Waals surface area contributed by atoms with Gasteiger partial charge in [0, 0.05) is 41.3 Å². The van der Waals surface area contributed by atoms with E-state index in [4.69, 9.17) is 19.7 Å². The van der Waals surface area contributed by atoms with Gasteiger partial charge in [-0.1, -0.05) is 65.2 Å². The molecule has 2 heterocycles. The number of allylic oxidation sites excluding steroid dienone is 2. The van der Waals surface area contributed by atoms with Crippen molar-refractivity contribution in [1.29, 1.82) is 0 Å². The quantitative estimate of drug-likeness (QED) is 0.0546. The number of aromatic nitrogens is 2. The Labute approximate surface area is 353 Å². The largest absolute Gasteiger partial charge is 0.481 e. The first-order valence-electron chi connectivity index (χ1n) is 22.4. The van der Waals surface area contributed by atoms with Crippen molar-refractivity contribution in [2.24, 2.45) is 55.4 Å². The highest BCUT2D eigenvalue weighted by Crippen LogP contribution is 2.76. The molecule has 14 nitrogen and oxygen atoms in total. The van der Waals surface area contributed by atoms with Crippen LogP contribution in [0.2, 0.25) is 0 Å². The van der Waals surface area contributed by atoms with Gasteiger partial charge >= 0.3 is 23.6 Å². The number of aryl methyl sites for hydroxylation is 1. The number of carbonyl (C=O) groups is 3. The van der Waals surface area contributed by atoms with Crippen molar-refractivity contribution in [1.82, 2.24) is 9.55 Å². The van der Waals surface area contributed by atoms with Crippen molar-refractivity contribution in [2.75, 3.05) is 6.61 Å². The molecule has 1 aromatic rings. The van der Waals surface area contributed by atoms with Gasteiger partial charge < -0.3 is 19.3 Å². The Morgan fingerprint density at radius 3 is 2.37 bits per heavy atom. The van der Waals surface area contributed by atoms with Crippen LogP contribution in [0.4, 0.5) is 0 Å². The van der Waals surface area contributed by atoms with E-state index in [-0.39, 0.29) is 70.9 Å². The second-order valence-corrected chi connectivity index (χ2v) is 21.5. The number of esters is 2. The number of fused-ring (bicyclic) bond motifs is 7. The molecule has 330 valence electrons. The molecule has 0 amide bonds. The molecule has 1 aromatic heterocycles. The summed E-state index contributed by atoms with van der Waals surface area (Å²) in [5, 5.41) is 14.5. The molecule has 5 aliphatic carbocycles. The predicted molar refractivity (Wildman–Crippen MR) is 224 cm³/mol. The van der Waals surface area contributed by atoms with Gasteiger partial charge in [-0.15, -0.1) is 0 Å². The number of carboxylic acid groups (broad SMARTS) is 1. The Kier molecular flexibility index (Phi) is 11.6. The van der Waals surface area contributed by atoms with Gasteiger partial charge in [0.1, 0.15) is 25.0 Å². The van der Waals surface area contributed by atoms with Gasteiger partial charge in [0.25, 0.3) is 5.56 Å². The molecule has 0 aromatic carbocycles. The smallest absolute Gasteiger partial charge is 0.330 e. The van der Waals surface area contributed by atoms with E-state index >= 15 is 0 Å². The molecule has 0 bridgehead atoms. The summed E-state index contributed by atoms with van der Waals surface area (Å²) >= 11 is 0. The molecule has 0 radical (unpaired) electrons. The van der Waals surface area contributed by atoms with Crippen LogP contribution in [0.5, 0.6) is 0 Å². The van der Waals surface area contributed by atoms with Crippen molar-refractivity contribution in [3.8, 4) is 0 Å². The van der Waals surface area contributed by atoms with E-state index in [1.54, 1.807) is 6.92 Å². The lowest BCUT2D eigenvalue weighted by Gasteiger charge is -2.71. The number of ether oxygens (including phenoxy) is 3. The number of nitrogens with zero attached hydrogens (tertiary/aromatic N) is 4. The molecule has 14 heteroatoms. The number of hydrogen-bond acceptors (Lipinski definition) is 9. The molecule has 5 fully saturated rings. The number of rotatable bonds is 11. The predicted octanol–water partition coefficient (Wildman–Crippen LogP) is 8.71. The number of aliphatic carboxylic acids is 1.